The van der Waals surface area contributed by atoms with Crippen LogP contribution < -0.4 is 0 Å². The van der Waals surface area contributed by atoms with Crippen LogP contribution in [0.5, 0.6) is 0 Å². The van der Waals surface area contributed by atoms with Crippen LogP contribution in [0.3, 0.4) is 0 Å². The van der Waals surface area contributed by atoms with Crippen molar-refractivity contribution in [1.29, 1.82) is 0 Å². The van der Waals surface area contributed by atoms with E-state index in [1.54, 1.807) is 30.6 Å². The molecule has 2 heterocycles. The standard InChI is InChI=1S/C15H12FN5O2/c16-12-4-2-1-3-9(12)5-10-7-17-8-11(10)6-13(22)14(23)15-18-20-21-19-15/h1-4,7-8,17H,5-6H2,(H,18,19,20,21). The number of nitrogens with one attached hydrogen (secondary N) is 2. The van der Waals surface area contributed by atoms with E-state index in [-0.39, 0.29) is 18.1 Å². The summed E-state index contributed by atoms with van der Waals surface area (Å²) in [7, 11) is 0. The third-order valence-corrected chi connectivity index (χ3v) is 3.42. The number of halogens is 1. The number of tetrazole rings is 1. The van der Waals surface area contributed by atoms with Crippen LogP contribution in [0.2, 0.25) is 0 Å². The van der Waals surface area contributed by atoms with E-state index in [0.717, 1.165) is 5.56 Å². The Labute approximate surface area is 129 Å². The number of aromatic amines is 2. The molecule has 3 aromatic rings. The molecule has 7 nitrogen and oxygen atoms in total. The molecule has 0 fully saturated rings. The molecule has 0 aliphatic heterocycles. The van der Waals surface area contributed by atoms with Crippen LogP contribution in [0.4, 0.5) is 4.39 Å². The molecule has 0 spiro atoms. The zero-order valence-electron chi connectivity index (χ0n) is 11.9. The molecule has 0 bridgehead atoms. The number of carbonyl (C=O) groups is 2. The van der Waals surface area contributed by atoms with Gasteiger partial charge in [-0.1, -0.05) is 18.2 Å². The summed E-state index contributed by atoms with van der Waals surface area (Å²) in [6.45, 7) is 0. The van der Waals surface area contributed by atoms with Crippen LogP contribution in [-0.4, -0.2) is 37.2 Å². The SMILES string of the molecule is O=C(Cc1c[nH]cc1Cc1ccccc1F)C(=O)c1nn[nH]n1. The summed E-state index contributed by atoms with van der Waals surface area (Å²) in [6.07, 6.45) is 3.53. The summed E-state index contributed by atoms with van der Waals surface area (Å²) in [4.78, 5) is 26.8. The smallest absolute Gasteiger partial charge is 0.269 e. The summed E-state index contributed by atoms with van der Waals surface area (Å²) in [6, 6.07) is 6.42. The Hall–Kier alpha value is -3.16. The fourth-order valence-corrected chi connectivity index (χ4v) is 2.24. The monoisotopic (exact) mass is 313 g/mol. The van der Waals surface area contributed by atoms with Crippen molar-refractivity contribution in [2.24, 2.45) is 0 Å². The van der Waals surface area contributed by atoms with Crippen molar-refractivity contribution in [2.75, 3.05) is 0 Å². The minimum atomic E-state index is -0.809. The summed E-state index contributed by atoms with van der Waals surface area (Å²) < 4.78 is 13.7. The zero-order valence-corrected chi connectivity index (χ0v) is 11.9. The first kappa shape index (κ1) is 14.8. The molecule has 2 N–H and O–H groups in total. The first-order valence-corrected chi connectivity index (χ1v) is 6.84. The Bertz CT molecular complexity index is 841. The topological polar surface area (TPSA) is 104 Å². The van der Waals surface area contributed by atoms with Gasteiger partial charge in [0.15, 0.2) is 0 Å². The van der Waals surface area contributed by atoms with Gasteiger partial charge in [-0.2, -0.15) is 5.21 Å². The first-order chi connectivity index (χ1) is 11.1. The quantitative estimate of drug-likeness (QED) is 0.526. The molecule has 0 aliphatic carbocycles. The Morgan fingerprint density at radius 2 is 1.87 bits per heavy atom. The molecule has 0 radical (unpaired) electrons. The Kier molecular flexibility index (Phi) is 4.05. The number of hydrogen-bond donors (Lipinski definition) is 2. The van der Waals surface area contributed by atoms with E-state index in [9.17, 15) is 14.0 Å². The number of aromatic nitrogens is 5. The van der Waals surface area contributed by atoms with Gasteiger partial charge in [0.25, 0.3) is 5.78 Å². The van der Waals surface area contributed by atoms with Crippen molar-refractivity contribution in [3.8, 4) is 0 Å². The maximum Gasteiger partial charge on any atom is 0.269 e. The van der Waals surface area contributed by atoms with Gasteiger partial charge in [-0.05, 0) is 28.0 Å². The van der Waals surface area contributed by atoms with Crippen molar-refractivity contribution < 1.29 is 14.0 Å². The van der Waals surface area contributed by atoms with E-state index in [2.05, 4.69) is 25.6 Å². The fourth-order valence-electron chi connectivity index (χ4n) is 2.24. The molecule has 8 heteroatoms. The van der Waals surface area contributed by atoms with Gasteiger partial charge < -0.3 is 4.98 Å². The van der Waals surface area contributed by atoms with Crippen molar-refractivity contribution in [2.45, 2.75) is 12.8 Å². The van der Waals surface area contributed by atoms with Crippen LogP contribution in [-0.2, 0) is 17.6 Å². The molecule has 0 saturated heterocycles. The van der Waals surface area contributed by atoms with Gasteiger partial charge in [0, 0.05) is 25.2 Å². The van der Waals surface area contributed by atoms with Gasteiger partial charge in [0.05, 0.1) is 0 Å². The number of H-pyrrole nitrogens is 2. The Morgan fingerprint density at radius 3 is 2.61 bits per heavy atom. The van der Waals surface area contributed by atoms with Gasteiger partial charge in [-0.25, -0.2) is 4.39 Å². The molecule has 0 aliphatic rings. The third-order valence-electron chi connectivity index (χ3n) is 3.42. The minimum Gasteiger partial charge on any atom is -0.367 e. The molecular weight excluding hydrogens is 301 g/mol. The highest BCUT2D eigenvalue weighted by Crippen LogP contribution is 2.17. The van der Waals surface area contributed by atoms with E-state index in [1.807, 2.05) is 0 Å². The number of ketones is 2. The zero-order chi connectivity index (χ0) is 16.2. The lowest BCUT2D eigenvalue weighted by Crippen LogP contribution is -2.18. The summed E-state index contributed by atoms with van der Waals surface area (Å²) in [5.41, 5.74) is 1.91. The van der Waals surface area contributed by atoms with E-state index >= 15 is 0 Å². The lowest BCUT2D eigenvalue weighted by molar-refractivity contribution is -0.114. The third kappa shape index (κ3) is 3.20. The molecule has 3 rings (SSSR count). The van der Waals surface area contributed by atoms with Crippen molar-refractivity contribution >= 4 is 11.6 Å². The second-order valence-electron chi connectivity index (χ2n) is 4.94. The molecular formula is C15H12FN5O2. The maximum atomic E-state index is 13.7. The van der Waals surface area contributed by atoms with Crippen LogP contribution >= 0.6 is 0 Å². The maximum absolute atomic E-state index is 13.7. The number of Topliss-reactive ketones (excluding diaryl/α,β-unsaturated/α-hetero) is 2. The first-order valence-electron chi connectivity index (χ1n) is 6.84. The summed E-state index contributed by atoms with van der Waals surface area (Å²) in [5.74, 6) is -2.03. The number of benzene rings is 1. The van der Waals surface area contributed by atoms with Gasteiger partial charge >= 0.3 is 0 Å². The minimum absolute atomic E-state index is 0.110. The number of carbonyl (C=O) groups excluding carboxylic acids is 2. The predicted molar refractivity (Wildman–Crippen MR) is 77.2 cm³/mol. The van der Waals surface area contributed by atoms with E-state index in [1.165, 1.54) is 6.07 Å². The second kappa shape index (κ2) is 6.30. The Balaban J connectivity index is 1.75. The van der Waals surface area contributed by atoms with Crippen LogP contribution in [0.25, 0.3) is 0 Å². The van der Waals surface area contributed by atoms with Gasteiger partial charge in [0.2, 0.25) is 11.6 Å². The van der Waals surface area contributed by atoms with Crippen LogP contribution in [0.1, 0.15) is 27.3 Å². The molecule has 1 aromatic carbocycles. The average Bonchev–Trinajstić information content (AvgIpc) is 3.21. The van der Waals surface area contributed by atoms with Gasteiger partial charge in [0.1, 0.15) is 5.82 Å². The van der Waals surface area contributed by atoms with Gasteiger partial charge in [-0.15, -0.1) is 10.2 Å². The summed E-state index contributed by atoms with van der Waals surface area (Å²) in [5, 5.41) is 12.4. The number of rotatable bonds is 6. The van der Waals surface area contributed by atoms with Crippen LogP contribution in [0, 0.1) is 5.82 Å². The normalized spacial score (nSPS) is 10.7. The number of hydrogen-bond acceptors (Lipinski definition) is 5. The predicted octanol–water partition coefficient (Wildman–Crippen LogP) is 1.25. The average molecular weight is 313 g/mol. The molecule has 23 heavy (non-hydrogen) atoms. The van der Waals surface area contributed by atoms with Crippen molar-refractivity contribution in [3.63, 3.8) is 0 Å². The fraction of sp³-hybridized carbons (Fsp3) is 0.133. The highest BCUT2D eigenvalue weighted by atomic mass is 19.1. The summed E-state index contributed by atoms with van der Waals surface area (Å²) >= 11 is 0. The molecule has 0 atom stereocenters. The number of nitrogens with zero attached hydrogens (tertiary/aromatic N) is 3. The highest BCUT2D eigenvalue weighted by molar-refractivity contribution is 6.43. The van der Waals surface area contributed by atoms with E-state index < -0.39 is 11.6 Å². The highest BCUT2D eigenvalue weighted by Gasteiger charge is 2.22. The van der Waals surface area contributed by atoms with Gasteiger partial charge in [-0.3, -0.25) is 9.59 Å². The lowest BCUT2D eigenvalue weighted by atomic mass is 9.99. The van der Waals surface area contributed by atoms with E-state index in [0.29, 0.717) is 17.5 Å². The molecule has 116 valence electrons. The molecule has 0 saturated carbocycles. The molecule has 2 aromatic heterocycles. The molecule has 0 amide bonds. The van der Waals surface area contributed by atoms with Crippen molar-refractivity contribution in [3.05, 3.63) is 65.0 Å². The lowest BCUT2D eigenvalue weighted by Gasteiger charge is -2.04. The Morgan fingerprint density at radius 1 is 1.09 bits per heavy atom. The largest absolute Gasteiger partial charge is 0.367 e. The van der Waals surface area contributed by atoms with E-state index in [4.69, 9.17) is 0 Å². The second-order valence-corrected chi connectivity index (χ2v) is 4.94. The van der Waals surface area contributed by atoms with Crippen LogP contribution in [0.15, 0.2) is 36.7 Å². The molecule has 0 unspecified atom stereocenters. The van der Waals surface area contributed by atoms with Crippen molar-refractivity contribution in [1.82, 2.24) is 25.6 Å².